The first-order valence-corrected chi connectivity index (χ1v) is 7.42. The van der Waals surface area contributed by atoms with Gasteiger partial charge in [-0.2, -0.15) is 5.10 Å². The molecule has 0 bridgehead atoms. The zero-order valence-electron chi connectivity index (χ0n) is 13.0. The van der Waals surface area contributed by atoms with Crippen molar-refractivity contribution >= 4 is 11.8 Å². The van der Waals surface area contributed by atoms with E-state index in [0.717, 1.165) is 36.7 Å². The molecule has 2 atom stereocenters. The second-order valence-electron chi connectivity index (χ2n) is 5.70. The standard InChI is InChI=1S/C14H20N6O2/c1-8-6-13(22-19-8)17-14(21)9(2)15-11-4-5-12-16-10(3)18-20(12)7-11/h6,9,11,15H,4-5,7H2,1-3H3,(H,17,21)/t9-,11+/m0/s1. The molecule has 22 heavy (non-hydrogen) atoms. The van der Waals surface area contributed by atoms with Crippen LogP contribution in [0.3, 0.4) is 0 Å². The maximum absolute atomic E-state index is 12.1. The van der Waals surface area contributed by atoms with Crippen molar-refractivity contribution in [3.8, 4) is 0 Å². The van der Waals surface area contributed by atoms with Crippen molar-refractivity contribution in [1.82, 2.24) is 25.2 Å². The van der Waals surface area contributed by atoms with Crippen LogP contribution in [0.1, 0.15) is 30.7 Å². The van der Waals surface area contributed by atoms with Gasteiger partial charge in [-0.15, -0.1) is 0 Å². The highest BCUT2D eigenvalue weighted by atomic mass is 16.5. The summed E-state index contributed by atoms with van der Waals surface area (Å²) in [5, 5.41) is 14.2. The Morgan fingerprint density at radius 3 is 3.05 bits per heavy atom. The van der Waals surface area contributed by atoms with Crippen molar-refractivity contribution < 1.29 is 9.32 Å². The minimum absolute atomic E-state index is 0.142. The van der Waals surface area contributed by atoms with Crippen LogP contribution in [0, 0.1) is 13.8 Å². The van der Waals surface area contributed by atoms with E-state index in [1.165, 1.54) is 0 Å². The number of aromatic nitrogens is 4. The molecule has 8 nitrogen and oxygen atoms in total. The average Bonchev–Trinajstić information content (AvgIpc) is 3.03. The largest absolute Gasteiger partial charge is 0.338 e. The summed E-state index contributed by atoms with van der Waals surface area (Å²) in [6.07, 6.45) is 1.81. The fourth-order valence-corrected chi connectivity index (χ4v) is 2.65. The van der Waals surface area contributed by atoms with E-state index in [2.05, 4.69) is 25.9 Å². The number of aryl methyl sites for hydroxylation is 3. The molecule has 1 aliphatic rings. The van der Waals surface area contributed by atoms with Gasteiger partial charge < -0.3 is 9.84 Å². The lowest BCUT2D eigenvalue weighted by molar-refractivity contribution is -0.118. The van der Waals surface area contributed by atoms with Crippen LogP contribution >= 0.6 is 0 Å². The quantitative estimate of drug-likeness (QED) is 0.867. The molecule has 118 valence electrons. The lowest BCUT2D eigenvalue weighted by Crippen LogP contribution is -2.47. The topological polar surface area (TPSA) is 97.9 Å². The van der Waals surface area contributed by atoms with E-state index in [1.807, 2.05) is 18.5 Å². The third kappa shape index (κ3) is 3.16. The smallest absolute Gasteiger partial charge is 0.243 e. The second-order valence-corrected chi connectivity index (χ2v) is 5.70. The van der Waals surface area contributed by atoms with Crippen LogP contribution in [0.4, 0.5) is 5.88 Å². The second kappa shape index (κ2) is 5.88. The molecule has 2 N–H and O–H groups in total. The van der Waals surface area contributed by atoms with Gasteiger partial charge >= 0.3 is 0 Å². The number of nitrogens with zero attached hydrogens (tertiary/aromatic N) is 4. The molecule has 1 aliphatic heterocycles. The zero-order valence-corrected chi connectivity index (χ0v) is 13.0. The molecular formula is C14H20N6O2. The molecule has 0 aliphatic carbocycles. The molecule has 0 aromatic carbocycles. The maximum Gasteiger partial charge on any atom is 0.243 e. The first-order valence-electron chi connectivity index (χ1n) is 7.42. The predicted octanol–water partition coefficient (Wildman–Crippen LogP) is 0.815. The minimum atomic E-state index is -0.332. The summed E-state index contributed by atoms with van der Waals surface area (Å²) in [5.41, 5.74) is 0.734. The Morgan fingerprint density at radius 1 is 1.50 bits per heavy atom. The van der Waals surface area contributed by atoms with Gasteiger partial charge in [-0.25, -0.2) is 9.67 Å². The van der Waals surface area contributed by atoms with E-state index in [9.17, 15) is 4.79 Å². The van der Waals surface area contributed by atoms with Crippen LogP contribution in [-0.2, 0) is 17.8 Å². The lowest BCUT2D eigenvalue weighted by Gasteiger charge is -2.26. The average molecular weight is 304 g/mol. The van der Waals surface area contributed by atoms with Crippen LogP contribution in [0.15, 0.2) is 10.6 Å². The van der Waals surface area contributed by atoms with Crippen molar-refractivity contribution in [1.29, 1.82) is 0 Å². The monoisotopic (exact) mass is 304 g/mol. The molecule has 0 radical (unpaired) electrons. The molecule has 3 rings (SSSR count). The van der Waals surface area contributed by atoms with Gasteiger partial charge in [0.05, 0.1) is 18.3 Å². The van der Waals surface area contributed by atoms with Gasteiger partial charge in [0.1, 0.15) is 11.6 Å². The van der Waals surface area contributed by atoms with E-state index in [0.29, 0.717) is 5.88 Å². The summed E-state index contributed by atoms with van der Waals surface area (Å²) in [6.45, 7) is 6.26. The number of carbonyl (C=O) groups is 1. The highest BCUT2D eigenvalue weighted by molar-refractivity contribution is 5.93. The third-order valence-electron chi connectivity index (χ3n) is 3.72. The SMILES string of the molecule is Cc1cc(NC(=O)[C@H](C)N[C@@H]2CCc3nc(C)nn3C2)on1. The number of hydrogen-bond donors (Lipinski definition) is 2. The number of fused-ring (bicyclic) bond motifs is 1. The van der Waals surface area contributed by atoms with Gasteiger partial charge in [0.25, 0.3) is 0 Å². The van der Waals surface area contributed by atoms with Crippen molar-refractivity contribution in [3.63, 3.8) is 0 Å². The van der Waals surface area contributed by atoms with Crippen LogP contribution in [0.5, 0.6) is 0 Å². The fraction of sp³-hybridized carbons (Fsp3) is 0.571. The third-order valence-corrected chi connectivity index (χ3v) is 3.72. The van der Waals surface area contributed by atoms with Gasteiger partial charge in [-0.05, 0) is 27.2 Å². The Labute approximate surface area is 128 Å². The Morgan fingerprint density at radius 2 is 2.32 bits per heavy atom. The molecule has 0 fully saturated rings. The first kappa shape index (κ1) is 14.7. The highest BCUT2D eigenvalue weighted by Gasteiger charge is 2.24. The van der Waals surface area contributed by atoms with Gasteiger partial charge in [-0.3, -0.25) is 10.1 Å². The normalized spacial score (nSPS) is 18.8. The van der Waals surface area contributed by atoms with E-state index < -0.39 is 0 Å². The van der Waals surface area contributed by atoms with Gasteiger partial charge in [0.2, 0.25) is 11.8 Å². The molecular weight excluding hydrogens is 284 g/mol. The summed E-state index contributed by atoms with van der Waals surface area (Å²) in [7, 11) is 0. The van der Waals surface area contributed by atoms with Crippen molar-refractivity contribution in [3.05, 3.63) is 23.4 Å². The Bertz CT molecular complexity index is 677. The molecule has 0 saturated carbocycles. The highest BCUT2D eigenvalue weighted by Crippen LogP contribution is 2.14. The Hall–Kier alpha value is -2.22. The molecule has 2 aromatic rings. The number of nitrogens with one attached hydrogen (secondary N) is 2. The summed E-state index contributed by atoms with van der Waals surface area (Å²) in [4.78, 5) is 16.5. The first-order chi connectivity index (χ1) is 10.5. The number of carbonyl (C=O) groups excluding carboxylic acids is 1. The van der Waals surface area contributed by atoms with Gasteiger partial charge in [0.15, 0.2) is 0 Å². The lowest BCUT2D eigenvalue weighted by atomic mass is 10.1. The maximum atomic E-state index is 12.1. The molecule has 0 unspecified atom stereocenters. The van der Waals surface area contributed by atoms with Crippen molar-refractivity contribution in [2.75, 3.05) is 5.32 Å². The molecule has 1 amide bonds. The summed E-state index contributed by atoms with van der Waals surface area (Å²) >= 11 is 0. The minimum Gasteiger partial charge on any atom is -0.338 e. The number of hydrogen-bond acceptors (Lipinski definition) is 6. The Balaban J connectivity index is 1.55. The Kier molecular flexibility index (Phi) is 3.93. The van der Waals surface area contributed by atoms with Gasteiger partial charge in [0, 0.05) is 18.5 Å². The summed E-state index contributed by atoms with van der Waals surface area (Å²) in [6, 6.07) is 1.56. The number of anilines is 1. The molecule has 0 saturated heterocycles. The summed E-state index contributed by atoms with van der Waals surface area (Å²) < 4.78 is 6.91. The molecule has 2 aromatic heterocycles. The van der Waals surface area contributed by atoms with Crippen molar-refractivity contribution in [2.45, 2.75) is 52.2 Å². The predicted molar refractivity (Wildman–Crippen MR) is 79.3 cm³/mol. The zero-order chi connectivity index (χ0) is 15.7. The van der Waals surface area contributed by atoms with E-state index in [1.54, 1.807) is 13.0 Å². The van der Waals surface area contributed by atoms with Crippen molar-refractivity contribution in [2.24, 2.45) is 0 Å². The van der Waals surface area contributed by atoms with Crippen LogP contribution in [0.2, 0.25) is 0 Å². The van der Waals surface area contributed by atoms with E-state index >= 15 is 0 Å². The van der Waals surface area contributed by atoms with E-state index in [4.69, 9.17) is 4.52 Å². The number of amides is 1. The summed E-state index contributed by atoms with van der Waals surface area (Å²) in [5.74, 6) is 2.04. The van der Waals surface area contributed by atoms with Crippen LogP contribution in [-0.4, -0.2) is 37.9 Å². The molecule has 0 spiro atoms. The fourth-order valence-electron chi connectivity index (χ4n) is 2.65. The van der Waals surface area contributed by atoms with Crippen LogP contribution < -0.4 is 10.6 Å². The molecule has 3 heterocycles. The molecule has 8 heteroatoms. The van der Waals surface area contributed by atoms with E-state index in [-0.39, 0.29) is 18.0 Å². The number of rotatable bonds is 4. The van der Waals surface area contributed by atoms with Gasteiger partial charge in [-0.1, -0.05) is 5.16 Å². The van der Waals surface area contributed by atoms with Crippen LogP contribution in [0.25, 0.3) is 0 Å².